The number of nitrogen functional groups attached to an aromatic ring is 1. The molecule has 0 fully saturated rings. The molecule has 2 aromatic rings. The number of hydrogen-bond acceptors (Lipinski definition) is 3. The predicted octanol–water partition coefficient (Wildman–Crippen LogP) is 3.14. The maximum atomic E-state index is 10.0. The first kappa shape index (κ1) is 12.9. The van der Waals surface area contributed by atoms with E-state index in [1.54, 1.807) is 12.1 Å². The van der Waals surface area contributed by atoms with Crippen LogP contribution in [0.15, 0.2) is 53.0 Å². The van der Waals surface area contributed by atoms with Crippen molar-refractivity contribution in [2.75, 3.05) is 12.3 Å². The van der Waals surface area contributed by atoms with Crippen molar-refractivity contribution < 1.29 is 9.84 Å². The Morgan fingerprint density at radius 1 is 1.11 bits per heavy atom. The molecule has 2 rings (SSSR count). The number of rotatable bonds is 4. The number of aliphatic hydroxyl groups excluding tert-OH is 1. The minimum Gasteiger partial charge on any atom is -0.489 e. The normalized spacial score (nSPS) is 12.1. The quantitative estimate of drug-likeness (QED) is 0.853. The average molecular weight is 308 g/mol. The first-order chi connectivity index (χ1) is 8.68. The monoisotopic (exact) mass is 307 g/mol. The standard InChI is InChI=1S/C14H14BrNO2/c15-11-6-2-4-8-14(11)18-9-13(17)10-5-1-3-7-12(10)16/h1-8,13,17H,9,16H2. The second kappa shape index (κ2) is 5.89. The van der Waals surface area contributed by atoms with Gasteiger partial charge in [-0.3, -0.25) is 0 Å². The molecule has 0 spiro atoms. The van der Waals surface area contributed by atoms with E-state index in [1.165, 1.54) is 0 Å². The molecule has 18 heavy (non-hydrogen) atoms. The topological polar surface area (TPSA) is 55.5 Å². The lowest BCUT2D eigenvalue weighted by atomic mass is 10.1. The molecular formula is C14H14BrNO2. The highest BCUT2D eigenvalue weighted by Crippen LogP contribution is 2.26. The highest BCUT2D eigenvalue weighted by Gasteiger charge is 2.11. The summed E-state index contributed by atoms with van der Waals surface area (Å²) in [5.74, 6) is 0.700. The zero-order valence-corrected chi connectivity index (χ0v) is 11.3. The SMILES string of the molecule is Nc1ccccc1C(O)COc1ccccc1Br. The Balaban J connectivity index is 2.03. The van der Waals surface area contributed by atoms with Crippen LogP contribution in [-0.4, -0.2) is 11.7 Å². The number of benzene rings is 2. The number of hydrogen-bond donors (Lipinski definition) is 2. The van der Waals surface area contributed by atoms with Crippen LogP contribution >= 0.6 is 15.9 Å². The van der Waals surface area contributed by atoms with Gasteiger partial charge in [-0.15, -0.1) is 0 Å². The molecule has 3 nitrogen and oxygen atoms in total. The van der Waals surface area contributed by atoms with Gasteiger partial charge in [0.15, 0.2) is 0 Å². The van der Waals surface area contributed by atoms with E-state index in [-0.39, 0.29) is 6.61 Å². The molecule has 0 bridgehead atoms. The third-order valence-corrected chi connectivity index (χ3v) is 3.24. The van der Waals surface area contributed by atoms with E-state index in [1.807, 2.05) is 36.4 Å². The van der Waals surface area contributed by atoms with E-state index in [0.717, 1.165) is 4.47 Å². The second-order valence-electron chi connectivity index (χ2n) is 3.89. The minimum atomic E-state index is -0.738. The van der Waals surface area contributed by atoms with Crippen LogP contribution in [0.3, 0.4) is 0 Å². The summed E-state index contributed by atoms with van der Waals surface area (Å²) in [5.41, 5.74) is 7.05. The molecule has 0 saturated carbocycles. The van der Waals surface area contributed by atoms with E-state index in [4.69, 9.17) is 10.5 Å². The van der Waals surface area contributed by atoms with Gasteiger partial charge in [0.05, 0.1) is 4.47 Å². The van der Waals surface area contributed by atoms with Crippen LogP contribution in [0.25, 0.3) is 0 Å². The van der Waals surface area contributed by atoms with Crippen molar-refractivity contribution in [1.29, 1.82) is 0 Å². The summed E-state index contributed by atoms with van der Waals surface area (Å²) >= 11 is 3.39. The van der Waals surface area contributed by atoms with Crippen molar-refractivity contribution in [2.24, 2.45) is 0 Å². The molecule has 1 unspecified atom stereocenters. The molecule has 1 atom stereocenters. The van der Waals surface area contributed by atoms with Crippen molar-refractivity contribution in [2.45, 2.75) is 6.10 Å². The van der Waals surface area contributed by atoms with Gasteiger partial charge in [-0.1, -0.05) is 30.3 Å². The number of para-hydroxylation sites is 2. The molecule has 0 aromatic heterocycles. The summed E-state index contributed by atoms with van der Waals surface area (Å²) in [6, 6.07) is 14.7. The third-order valence-electron chi connectivity index (χ3n) is 2.59. The molecule has 0 aliphatic heterocycles. The lowest BCUT2D eigenvalue weighted by Gasteiger charge is -2.15. The maximum Gasteiger partial charge on any atom is 0.133 e. The molecular weight excluding hydrogens is 294 g/mol. The smallest absolute Gasteiger partial charge is 0.133 e. The molecule has 0 aliphatic rings. The Hall–Kier alpha value is -1.52. The molecule has 0 radical (unpaired) electrons. The lowest BCUT2D eigenvalue weighted by molar-refractivity contribution is 0.108. The fraction of sp³-hybridized carbons (Fsp3) is 0.143. The van der Waals surface area contributed by atoms with Gasteiger partial charge in [0, 0.05) is 11.3 Å². The van der Waals surface area contributed by atoms with Crippen molar-refractivity contribution in [3.63, 3.8) is 0 Å². The van der Waals surface area contributed by atoms with Crippen LogP contribution in [0.1, 0.15) is 11.7 Å². The predicted molar refractivity (Wildman–Crippen MR) is 75.5 cm³/mol. The highest BCUT2D eigenvalue weighted by atomic mass is 79.9. The van der Waals surface area contributed by atoms with Crippen LogP contribution in [-0.2, 0) is 0 Å². The second-order valence-corrected chi connectivity index (χ2v) is 4.74. The first-order valence-corrected chi connectivity index (χ1v) is 6.37. The van der Waals surface area contributed by atoms with Crippen molar-refractivity contribution in [3.8, 4) is 5.75 Å². The van der Waals surface area contributed by atoms with Gasteiger partial charge in [0.25, 0.3) is 0 Å². The van der Waals surface area contributed by atoms with Crippen LogP contribution in [0, 0.1) is 0 Å². The zero-order chi connectivity index (χ0) is 13.0. The number of ether oxygens (including phenoxy) is 1. The van der Waals surface area contributed by atoms with Crippen molar-refractivity contribution in [3.05, 3.63) is 58.6 Å². The number of nitrogens with two attached hydrogens (primary N) is 1. The summed E-state index contributed by atoms with van der Waals surface area (Å²) in [4.78, 5) is 0. The molecule has 0 saturated heterocycles. The van der Waals surface area contributed by atoms with E-state index >= 15 is 0 Å². The molecule has 94 valence electrons. The van der Waals surface area contributed by atoms with Crippen LogP contribution in [0.2, 0.25) is 0 Å². The molecule has 0 aliphatic carbocycles. The maximum absolute atomic E-state index is 10.0. The summed E-state index contributed by atoms with van der Waals surface area (Å²) in [6.45, 7) is 0.164. The van der Waals surface area contributed by atoms with E-state index < -0.39 is 6.10 Å². The van der Waals surface area contributed by atoms with Crippen molar-refractivity contribution >= 4 is 21.6 Å². The van der Waals surface area contributed by atoms with Crippen molar-refractivity contribution in [1.82, 2.24) is 0 Å². The van der Waals surface area contributed by atoms with Gasteiger partial charge in [0.1, 0.15) is 18.5 Å². The van der Waals surface area contributed by atoms with Gasteiger partial charge in [0.2, 0.25) is 0 Å². The Morgan fingerprint density at radius 3 is 2.50 bits per heavy atom. The van der Waals surface area contributed by atoms with E-state index in [9.17, 15) is 5.11 Å². The van der Waals surface area contributed by atoms with Gasteiger partial charge in [-0.2, -0.15) is 0 Å². The van der Waals surface area contributed by atoms with Crippen LogP contribution < -0.4 is 10.5 Å². The first-order valence-electron chi connectivity index (χ1n) is 5.58. The molecule has 0 amide bonds. The zero-order valence-electron chi connectivity index (χ0n) is 9.71. The molecule has 0 heterocycles. The fourth-order valence-corrected chi connectivity index (χ4v) is 2.03. The van der Waals surface area contributed by atoms with Gasteiger partial charge >= 0.3 is 0 Å². The minimum absolute atomic E-state index is 0.164. The van der Waals surface area contributed by atoms with E-state index in [0.29, 0.717) is 17.0 Å². The Bertz CT molecular complexity index is 531. The molecule has 4 heteroatoms. The fourth-order valence-electron chi connectivity index (χ4n) is 1.63. The largest absolute Gasteiger partial charge is 0.489 e. The summed E-state index contributed by atoms with van der Waals surface area (Å²) in [7, 11) is 0. The highest BCUT2D eigenvalue weighted by molar-refractivity contribution is 9.10. The Morgan fingerprint density at radius 2 is 1.78 bits per heavy atom. The summed E-state index contributed by atoms with van der Waals surface area (Å²) < 4.78 is 6.42. The molecule has 3 N–H and O–H groups in total. The number of anilines is 1. The number of halogens is 1. The molecule has 2 aromatic carbocycles. The Labute approximate surface area is 114 Å². The summed E-state index contributed by atoms with van der Waals surface area (Å²) in [5, 5.41) is 10.0. The van der Waals surface area contributed by atoms with Gasteiger partial charge in [-0.25, -0.2) is 0 Å². The average Bonchev–Trinajstić information content (AvgIpc) is 2.38. The summed E-state index contributed by atoms with van der Waals surface area (Å²) in [6.07, 6.45) is -0.738. The van der Waals surface area contributed by atoms with Crippen LogP contribution in [0.4, 0.5) is 5.69 Å². The third kappa shape index (κ3) is 3.03. The van der Waals surface area contributed by atoms with E-state index in [2.05, 4.69) is 15.9 Å². The van der Waals surface area contributed by atoms with Crippen LogP contribution in [0.5, 0.6) is 5.75 Å². The van der Waals surface area contributed by atoms with Gasteiger partial charge in [-0.05, 0) is 34.1 Å². The lowest BCUT2D eigenvalue weighted by Crippen LogP contribution is -2.11. The number of aliphatic hydroxyl groups is 1. The Kier molecular flexibility index (Phi) is 4.23. The van der Waals surface area contributed by atoms with Gasteiger partial charge < -0.3 is 15.6 Å².